The van der Waals surface area contributed by atoms with Crippen molar-refractivity contribution < 1.29 is 14.7 Å². The van der Waals surface area contributed by atoms with Crippen molar-refractivity contribution in [3.63, 3.8) is 0 Å². The van der Waals surface area contributed by atoms with E-state index in [0.717, 1.165) is 51.3 Å². The van der Waals surface area contributed by atoms with Gasteiger partial charge in [-0.1, -0.05) is 0 Å². The molecule has 0 spiro atoms. The van der Waals surface area contributed by atoms with Gasteiger partial charge >= 0.3 is 0 Å². The van der Waals surface area contributed by atoms with Crippen LogP contribution >= 0.6 is 0 Å². The highest BCUT2D eigenvalue weighted by Crippen LogP contribution is 2.26. The molecule has 0 radical (unpaired) electrons. The number of carbonyl (C=O) groups excluding carboxylic acids is 1. The number of aryl methyl sites for hydroxylation is 1. The van der Waals surface area contributed by atoms with E-state index in [2.05, 4.69) is 50.0 Å². The molecule has 0 aliphatic carbocycles. The van der Waals surface area contributed by atoms with Gasteiger partial charge in [0.15, 0.2) is 0 Å². The smallest absolute Gasteiger partial charge is 0.277 e. The average molecular weight is 439 g/mol. The molecule has 1 aliphatic rings. The summed E-state index contributed by atoms with van der Waals surface area (Å²) in [5.41, 5.74) is 4.34. The molecule has 3 heterocycles. The molecule has 1 fully saturated rings. The number of piperidine rings is 1. The summed E-state index contributed by atoms with van der Waals surface area (Å²) in [6.45, 7) is 6.66. The van der Waals surface area contributed by atoms with Crippen LogP contribution < -0.4 is 20.4 Å². The topological polar surface area (TPSA) is 105 Å². The molecule has 170 valence electrons. The highest BCUT2D eigenvalue weighted by atomic mass is 16.5. The van der Waals surface area contributed by atoms with Gasteiger partial charge in [0.25, 0.3) is 5.91 Å². The van der Waals surface area contributed by atoms with Gasteiger partial charge in [0, 0.05) is 56.2 Å². The molecular weight excluding hydrogens is 408 g/mol. The number of hydrogen-bond acceptors (Lipinski definition) is 7. The third-order valence-corrected chi connectivity index (χ3v) is 6.16. The summed E-state index contributed by atoms with van der Waals surface area (Å²) >= 11 is 0. The van der Waals surface area contributed by atoms with E-state index in [1.54, 1.807) is 12.6 Å². The Labute approximate surface area is 187 Å². The van der Waals surface area contributed by atoms with Crippen molar-refractivity contribution in [3.05, 3.63) is 47.9 Å². The first kappa shape index (κ1) is 22.0. The second-order valence-electron chi connectivity index (χ2n) is 8.10. The number of nitrogens with one attached hydrogen (secondary N) is 2. The molecule has 32 heavy (non-hydrogen) atoms. The van der Waals surface area contributed by atoms with Crippen molar-refractivity contribution in [2.24, 2.45) is 5.92 Å². The Hall–Kier alpha value is -3.17. The minimum atomic E-state index is -0.609. The predicted octanol–water partition coefficient (Wildman–Crippen LogP) is 2.58. The largest absolute Gasteiger partial charge is 0.497 e. The van der Waals surface area contributed by atoms with E-state index in [4.69, 9.17) is 9.94 Å². The van der Waals surface area contributed by atoms with Crippen LogP contribution in [0.3, 0.4) is 0 Å². The van der Waals surface area contributed by atoms with Crippen molar-refractivity contribution >= 4 is 22.8 Å². The molecule has 1 aromatic carbocycles. The molecule has 1 saturated heterocycles. The van der Waals surface area contributed by atoms with Crippen molar-refractivity contribution in [1.29, 1.82) is 0 Å². The fourth-order valence-electron chi connectivity index (χ4n) is 4.29. The minimum absolute atomic E-state index is 0.234. The van der Waals surface area contributed by atoms with Crippen molar-refractivity contribution in [2.75, 3.05) is 31.6 Å². The van der Waals surface area contributed by atoms with Gasteiger partial charge in [-0.3, -0.25) is 10.0 Å². The molecule has 0 bridgehead atoms. The number of hydroxylamine groups is 1. The van der Waals surface area contributed by atoms with E-state index < -0.39 is 5.91 Å². The maximum absolute atomic E-state index is 11.4. The molecule has 4 rings (SSSR count). The Morgan fingerprint density at radius 1 is 1.25 bits per heavy atom. The predicted molar refractivity (Wildman–Crippen MR) is 122 cm³/mol. The van der Waals surface area contributed by atoms with Crippen LogP contribution in [0, 0.1) is 5.92 Å². The number of nitrogens with zero attached hydrogens (tertiary/aromatic N) is 4. The quantitative estimate of drug-likeness (QED) is 0.367. The molecule has 1 aliphatic heterocycles. The van der Waals surface area contributed by atoms with Crippen molar-refractivity contribution in [2.45, 2.75) is 32.9 Å². The van der Waals surface area contributed by atoms with Gasteiger partial charge < -0.3 is 19.5 Å². The zero-order valence-electron chi connectivity index (χ0n) is 18.5. The van der Waals surface area contributed by atoms with E-state index in [0.29, 0.717) is 11.9 Å². The van der Waals surface area contributed by atoms with Gasteiger partial charge in [-0.2, -0.15) is 0 Å². The number of fused-ring (bicyclic) bond motifs is 1. The second kappa shape index (κ2) is 9.97. The van der Waals surface area contributed by atoms with Gasteiger partial charge in [0.2, 0.25) is 5.95 Å². The van der Waals surface area contributed by atoms with Crippen LogP contribution in [0.5, 0.6) is 5.75 Å². The summed E-state index contributed by atoms with van der Waals surface area (Å²) in [7, 11) is 1.70. The summed E-state index contributed by atoms with van der Waals surface area (Å²) in [5.74, 6) is 1.49. The van der Waals surface area contributed by atoms with E-state index in [9.17, 15) is 4.79 Å². The van der Waals surface area contributed by atoms with Gasteiger partial charge in [-0.05, 0) is 49.9 Å². The monoisotopic (exact) mass is 438 g/mol. The van der Waals surface area contributed by atoms with Gasteiger partial charge in [0.1, 0.15) is 5.75 Å². The standard InChI is InChI=1S/C23H30N6O3/c1-3-28-15-18(20-5-4-19(32-2)10-21(20)28)12-24-11-16-6-8-29(9-7-16)23-25-13-17(14-26-23)22(30)27-31/h4-5,10,13-16,24,31H,3,6-9,11-12H2,1-2H3,(H,27,30). The number of benzene rings is 1. The van der Waals surface area contributed by atoms with Gasteiger partial charge in [-0.25, -0.2) is 15.4 Å². The van der Waals surface area contributed by atoms with Crippen molar-refractivity contribution in [1.82, 2.24) is 25.3 Å². The van der Waals surface area contributed by atoms with Crippen LogP contribution in [0.2, 0.25) is 0 Å². The van der Waals surface area contributed by atoms with Crippen LogP contribution in [0.15, 0.2) is 36.8 Å². The molecule has 0 saturated carbocycles. The fourth-order valence-corrected chi connectivity index (χ4v) is 4.29. The van der Waals surface area contributed by atoms with Crippen LogP contribution in [-0.4, -0.2) is 52.4 Å². The van der Waals surface area contributed by atoms with Crippen LogP contribution in [0.25, 0.3) is 10.9 Å². The maximum atomic E-state index is 11.4. The maximum Gasteiger partial charge on any atom is 0.277 e. The summed E-state index contributed by atoms with van der Waals surface area (Å²) < 4.78 is 7.65. The first-order valence-electron chi connectivity index (χ1n) is 11.0. The SMILES string of the molecule is CCn1cc(CNCC2CCN(c3ncc(C(=O)NO)cn3)CC2)c2ccc(OC)cc21. The molecule has 0 unspecified atom stereocenters. The number of methoxy groups -OCH3 is 1. The molecule has 9 nitrogen and oxygen atoms in total. The zero-order chi connectivity index (χ0) is 22.5. The Balaban J connectivity index is 1.29. The zero-order valence-corrected chi connectivity index (χ0v) is 18.5. The molecule has 9 heteroatoms. The third-order valence-electron chi connectivity index (χ3n) is 6.16. The van der Waals surface area contributed by atoms with E-state index in [1.165, 1.54) is 28.9 Å². The highest BCUT2D eigenvalue weighted by molar-refractivity contribution is 5.92. The first-order valence-corrected chi connectivity index (χ1v) is 11.0. The second-order valence-corrected chi connectivity index (χ2v) is 8.10. The Kier molecular flexibility index (Phi) is 6.87. The lowest BCUT2D eigenvalue weighted by atomic mass is 9.97. The molecule has 3 aromatic rings. The molecular formula is C23H30N6O3. The highest BCUT2D eigenvalue weighted by Gasteiger charge is 2.21. The molecule has 2 aromatic heterocycles. The van der Waals surface area contributed by atoms with Gasteiger partial charge in [-0.15, -0.1) is 0 Å². The summed E-state index contributed by atoms with van der Waals surface area (Å²) in [6.07, 6.45) is 7.22. The number of carbonyl (C=O) groups is 1. The number of hydrogen-bond donors (Lipinski definition) is 3. The number of ether oxygens (including phenoxy) is 1. The number of rotatable bonds is 8. The lowest BCUT2D eigenvalue weighted by Gasteiger charge is -2.32. The Bertz CT molecular complexity index is 1060. The van der Waals surface area contributed by atoms with E-state index in [-0.39, 0.29) is 5.56 Å². The molecule has 1 amide bonds. The average Bonchev–Trinajstić information content (AvgIpc) is 3.21. The minimum Gasteiger partial charge on any atom is -0.497 e. The summed E-state index contributed by atoms with van der Waals surface area (Å²) in [5, 5.41) is 13.6. The lowest BCUT2D eigenvalue weighted by Crippen LogP contribution is -2.38. The molecule has 3 N–H and O–H groups in total. The van der Waals surface area contributed by atoms with Crippen LogP contribution in [0.1, 0.15) is 35.7 Å². The van der Waals surface area contributed by atoms with E-state index in [1.807, 2.05) is 6.07 Å². The lowest BCUT2D eigenvalue weighted by molar-refractivity contribution is 0.0705. The normalized spacial score (nSPS) is 14.7. The number of anilines is 1. The van der Waals surface area contributed by atoms with Crippen LogP contribution in [0.4, 0.5) is 5.95 Å². The summed E-state index contributed by atoms with van der Waals surface area (Å²) in [6, 6.07) is 6.26. The number of amides is 1. The number of aromatic nitrogens is 3. The fraction of sp³-hybridized carbons (Fsp3) is 0.435. The first-order chi connectivity index (χ1) is 15.6. The van der Waals surface area contributed by atoms with Crippen molar-refractivity contribution in [3.8, 4) is 5.75 Å². The molecule has 0 atom stereocenters. The third kappa shape index (κ3) is 4.68. The van der Waals surface area contributed by atoms with E-state index >= 15 is 0 Å². The van der Waals surface area contributed by atoms with Crippen LogP contribution in [-0.2, 0) is 13.1 Å². The Morgan fingerprint density at radius 2 is 2.00 bits per heavy atom. The van der Waals surface area contributed by atoms with Gasteiger partial charge in [0.05, 0.1) is 18.2 Å². The summed E-state index contributed by atoms with van der Waals surface area (Å²) in [4.78, 5) is 22.1. The Morgan fingerprint density at radius 3 is 2.66 bits per heavy atom.